The van der Waals surface area contributed by atoms with Crippen molar-refractivity contribution in [2.75, 3.05) is 37.4 Å². The molecule has 0 fully saturated rings. The molecule has 160 valence electrons. The molecule has 0 aliphatic rings. The van der Waals surface area contributed by atoms with Crippen LogP contribution in [-0.2, 0) is 14.3 Å². The Labute approximate surface area is 177 Å². The van der Waals surface area contributed by atoms with E-state index >= 15 is 0 Å². The maximum atomic E-state index is 12.6. The number of nitrogens with zero attached hydrogens (tertiary/aromatic N) is 1. The second-order valence-electron chi connectivity index (χ2n) is 7.14. The van der Waals surface area contributed by atoms with Crippen molar-refractivity contribution in [1.82, 2.24) is 4.90 Å². The first-order valence-corrected chi connectivity index (χ1v) is 9.90. The van der Waals surface area contributed by atoms with E-state index in [-0.39, 0.29) is 24.9 Å². The Morgan fingerprint density at radius 1 is 0.900 bits per heavy atom. The molecule has 2 aromatic carbocycles. The van der Waals surface area contributed by atoms with E-state index in [1.165, 1.54) is 7.11 Å². The van der Waals surface area contributed by atoms with Gasteiger partial charge in [0.25, 0.3) is 0 Å². The highest BCUT2D eigenvalue weighted by molar-refractivity contribution is 5.97. The Hall–Kier alpha value is -3.19. The number of anilines is 2. The summed E-state index contributed by atoms with van der Waals surface area (Å²) in [5.74, 6) is -0.891. The largest absolute Gasteiger partial charge is 0.465 e. The van der Waals surface area contributed by atoms with Crippen molar-refractivity contribution in [3.63, 3.8) is 0 Å². The molecule has 2 N–H and O–H groups in total. The van der Waals surface area contributed by atoms with E-state index in [4.69, 9.17) is 4.74 Å². The summed E-state index contributed by atoms with van der Waals surface area (Å²) in [6.07, 6.45) is 0.807. The number of nitrogens with one attached hydrogen (secondary N) is 2. The van der Waals surface area contributed by atoms with Crippen molar-refractivity contribution in [2.24, 2.45) is 0 Å². The molecule has 2 rings (SSSR count). The van der Waals surface area contributed by atoms with Gasteiger partial charge >= 0.3 is 5.97 Å². The summed E-state index contributed by atoms with van der Waals surface area (Å²) in [4.78, 5) is 38.6. The summed E-state index contributed by atoms with van der Waals surface area (Å²) in [5.41, 5.74) is 3.48. The molecule has 30 heavy (non-hydrogen) atoms. The van der Waals surface area contributed by atoms with Gasteiger partial charge in [-0.15, -0.1) is 0 Å². The lowest BCUT2D eigenvalue weighted by atomic mass is 10.1. The fourth-order valence-electron chi connectivity index (χ4n) is 3.03. The molecule has 2 aromatic rings. The third-order valence-corrected chi connectivity index (χ3v) is 4.63. The lowest BCUT2D eigenvalue weighted by molar-refractivity contribution is -0.120. The van der Waals surface area contributed by atoms with Crippen LogP contribution >= 0.6 is 0 Å². The van der Waals surface area contributed by atoms with Crippen LogP contribution in [0.3, 0.4) is 0 Å². The highest BCUT2D eigenvalue weighted by atomic mass is 16.5. The molecule has 7 nitrogen and oxygen atoms in total. The first-order chi connectivity index (χ1) is 14.3. The van der Waals surface area contributed by atoms with Gasteiger partial charge in [-0.1, -0.05) is 31.2 Å². The first-order valence-electron chi connectivity index (χ1n) is 9.90. The van der Waals surface area contributed by atoms with E-state index in [1.807, 2.05) is 45.0 Å². The standard InChI is InChI=1S/C23H29N3O4/c1-5-12-26(14-21(27)24-19-9-7-6-8-16(19)2)15-22(28)25-20-13-18(23(29)30-4)11-10-17(20)3/h6-11,13H,5,12,14-15H2,1-4H3,(H,24,27)(H,25,28). The Bertz CT molecular complexity index is 911. The number of esters is 1. The lowest BCUT2D eigenvalue weighted by Crippen LogP contribution is -2.39. The molecule has 0 aromatic heterocycles. The highest BCUT2D eigenvalue weighted by Crippen LogP contribution is 2.18. The van der Waals surface area contributed by atoms with E-state index in [2.05, 4.69) is 10.6 Å². The van der Waals surface area contributed by atoms with Crippen molar-refractivity contribution in [2.45, 2.75) is 27.2 Å². The van der Waals surface area contributed by atoms with Crippen molar-refractivity contribution < 1.29 is 19.1 Å². The zero-order valence-corrected chi connectivity index (χ0v) is 18.0. The third kappa shape index (κ3) is 6.70. The lowest BCUT2D eigenvalue weighted by Gasteiger charge is -2.21. The Morgan fingerprint density at radius 2 is 1.50 bits per heavy atom. The van der Waals surface area contributed by atoms with Gasteiger partial charge in [-0.3, -0.25) is 14.5 Å². The van der Waals surface area contributed by atoms with Crippen molar-refractivity contribution in [1.29, 1.82) is 0 Å². The minimum atomic E-state index is -0.467. The van der Waals surface area contributed by atoms with E-state index in [0.717, 1.165) is 23.2 Å². The Kier molecular flexibility index (Phi) is 8.55. The predicted octanol–water partition coefficient (Wildman–Crippen LogP) is 3.38. The van der Waals surface area contributed by atoms with Crippen LogP contribution in [0, 0.1) is 13.8 Å². The molecule has 0 heterocycles. The molecule has 0 bridgehead atoms. The summed E-state index contributed by atoms with van der Waals surface area (Å²) >= 11 is 0. The van der Waals surface area contributed by atoms with Gasteiger partial charge in [0.1, 0.15) is 0 Å². The Balaban J connectivity index is 2.00. The molecular weight excluding hydrogens is 382 g/mol. The molecule has 0 unspecified atom stereocenters. The quantitative estimate of drug-likeness (QED) is 0.618. The number of methoxy groups -OCH3 is 1. The summed E-state index contributed by atoms with van der Waals surface area (Å²) < 4.78 is 4.73. The first kappa shape index (κ1) is 23.1. The summed E-state index contributed by atoms with van der Waals surface area (Å²) in [7, 11) is 1.31. The van der Waals surface area contributed by atoms with Crippen LogP contribution in [0.1, 0.15) is 34.8 Å². The fourth-order valence-corrected chi connectivity index (χ4v) is 3.03. The maximum Gasteiger partial charge on any atom is 0.337 e. The molecule has 0 spiro atoms. The number of carbonyl (C=O) groups excluding carboxylic acids is 3. The predicted molar refractivity (Wildman–Crippen MR) is 118 cm³/mol. The SMILES string of the molecule is CCCN(CC(=O)Nc1ccccc1C)CC(=O)Nc1cc(C(=O)OC)ccc1C. The third-order valence-electron chi connectivity index (χ3n) is 4.63. The van der Waals surface area contributed by atoms with Crippen molar-refractivity contribution in [3.05, 3.63) is 59.2 Å². The van der Waals surface area contributed by atoms with Crippen LogP contribution in [0.5, 0.6) is 0 Å². The number of para-hydroxylation sites is 1. The number of hydrogen-bond donors (Lipinski definition) is 2. The van der Waals surface area contributed by atoms with Crippen LogP contribution in [-0.4, -0.2) is 49.4 Å². The second kappa shape index (κ2) is 11.1. The monoisotopic (exact) mass is 411 g/mol. The van der Waals surface area contributed by atoms with Gasteiger partial charge in [-0.25, -0.2) is 4.79 Å². The van der Waals surface area contributed by atoms with Crippen LogP contribution in [0.25, 0.3) is 0 Å². The van der Waals surface area contributed by atoms with E-state index in [1.54, 1.807) is 23.1 Å². The van der Waals surface area contributed by atoms with Gasteiger partial charge < -0.3 is 15.4 Å². The smallest absolute Gasteiger partial charge is 0.337 e. The average Bonchev–Trinajstić information content (AvgIpc) is 2.70. The second-order valence-corrected chi connectivity index (χ2v) is 7.14. The minimum Gasteiger partial charge on any atom is -0.465 e. The minimum absolute atomic E-state index is 0.0664. The molecule has 7 heteroatoms. The fraction of sp³-hybridized carbons (Fsp3) is 0.348. The van der Waals surface area contributed by atoms with Gasteiger partial charge in [0.05, 0.1) is 25.8 Å². The van der Waals surface area contributed by atoms with Crippen molar-refractivity contribution in [3.8, 4) is 0 Å². The molecule has 2 amide bonds. The summed E-state index contributed by atoms with van der Waals surface area (Å²) in [6.45, 7) is 6.55. The normalized spacial score (nSPS) is 10.6. The molecular formula is C23H29N3O4. The number of hydrogen-bond acceptors (Lipinski definition) is 5. The molecule has 0 atom stereocenters. The van der Waals surface area contributed by atoms with E-state index in [0.29, 0.717) is 17.8 Å². The number of rotatable bonds is 9. The number of benzene rings is 2. The zero-order valence-electron chi connectivity index (χ0n) is 18.0. The van der Waals surface area contributed by atoms with Gasteiger partial charge in [0, 0.05) is 11.4 Å². The van der Waals surface area contributed by atoms with Crippen LogP contribution < -0.4 is 10.6 Å². The molecule has 0 saturated carbocycles. The summed E-state index contributed by atoms with van der Waals surface area (Å²) in [5, 5.41) is 5.72. The molecule has 0 saturated heterocycles. The number of ether oxygens (including phenoxy) is 1. The van der Waals surface area contributed by atoms with Crippen LogP contribution in [0.4, 0.5) is 11.4 Å². The van der Waals surface area contributed by atoms with Gasteiger partial charge in [-0.05, 0) is 56.1 Å². The van der Waals surface area contributed by atoms with Gasteiger partial charge in [0.15, 0.2) is 0 Å². The zero-order chi connectivity index (χ0) is 22.1. The van der Waals surface area contributed by atoms with E-state index < -0.39 is 5.97 Å². The van der Waals surface area contributed by atoms with Gasteiger partial charge in [-0.2, -0.15) is 0 Å². The molecule has 0 aliphatic heterocycles. The molecule has 0 radical (unpaired) electrons. The van der Waals surface area contributed by atoms with Crippen LogP contribution in [0.15, 0.2) is 42.5 Å². The molecule has 0 aliphatic carbocycles. The highest BCUT2D eigenvalue weighted by Gasteiger charge is 2.16. The van der Waals surface area contributed by atoms with E-state index in [9.17, 15) is 14.4 Å². The number of amides is 2. The number of aryl methyl sites for hydroxylation is 2. The number of carbonyl (C=O) groups is 3. The van der Waals surface area contributed by atoms with Crippen LogP contribution in [0.2, 0.25) is 0 Å². The van der Waals surface area contributed by atoms with Crippen molar-refractivity contribution >= 4 is 29.2 Å². The maximum absolute atomic E-state index is 12.6. The topological polar surface area (TPSA) is 87.7 Å². The van der Waals surface area contributed by atoms with Gasteiger partial charge in [0.2, 0.25) is 11.8 Å². The average molecular weight is 412 g/mol. The Morgan fingerprint density at radius 3 is 2.10 bits per heavy atom. The summed E-state index contributed by atoms with van der Waals surface area (Å²) in [6, 6.07) is 12.5.